The summed E-state index contributed by atoms with van der Waals surface area (Å²) < 4.78 is 9.49. The molecule has 1 N–H and O–H groups in total. The number of hydrogen-bond donors (Lipinski definition) is 1. The number of morpholine rings is 1. The molecule has 222 valence electrons. The lowest BCUT2D eigenvalue weighted by Crippen LogP contribution is -2.42. The number of amides is 2. The Morgan fingerprint density at radius 2 is 1.82 bits per heavy atom. The molecule has 1 fully saturated rings. The van der Waals surface area contributed by atoms with Crippen molar-refractivity contribution in [2.24, 2.45) is 4.99 Å². The molecule has 0 saturated carbocycles. The average molecular weight is 624 g/mol. The minimum atomic E-state index is -0.607. The predicted molar refractivity (Wildman–Crippen MR) is 172 cm³/mol. The molecule has 1 saturated heterocycles. The third-order valence-electron chi connectivity index (χ3n) is 7.89. The van der Waals surface area contributed by atoms with Crippen LogP contribution in [0, 0.1) is 0 Å². The van der Waals surface area contributed by atoms with E-state index >= 15 is 0 Å². The van der Waals surface area contributed by atoms with Crippen LogP contribution in [0.2, 0.25) is 0 Å². The fourth-order valence-electron chi connectivity index (χ4n) is 5.77. The van der Waals surface area contributed by atoms with Gasteiger partial charge in [0.2, 0.25) is 5.91 Å². The molecule has 2 amide bonds. The number of allylic oxidation sites excluding steroid dienone is 1. The first-order chi connectivity index (χ1) is 21.5. The first-order valence-corrected chi connectivity index (χ1v) is 16.0. The van der Waals surface area contributed by atoms with E-state index in [0.29, 0.717) is 52.6 Å². The molecule has 7 rings (SSSR count). The summed E-state index contributed by atoms with van der Waals surface area (Å²) in [5, 5.41) is 5.87. The number of thiophene rings is 1. The fraction of sp³-hybridized carbons (Fsp3) is 0.212. The Morgan fingerprint density at radius 1 is 1.05 bits per heavy atom. The van der Waals surface area contributed by atoms with Gasteiger partial charge in [0.25, 0.3) is 11.5 Å². The zero-order valence-corrected chi connectivity index (χ0v) is 25.6. The second-order valence-electron chi connectivity index (χ2n) is 10.6. The van der Waals surface area contributed by atoms with Crippen molar-refractivity contribution in [1.82, 2.24) is 14.0 Å². The van der Waals surface area contributed by atoms with E-state index in [1.807, 2.05) is 101 Å². The normalized spacial score (nSPS) is 17.1. The van der Waals surface area contributed by atoms with Crippen LogP contribution in [-0.2, 0) is 20.9 Å². The van der Waals surface area contributed by atoms with Crippen molar-refractivity contribution in [3.8, 4) is 0 Å². The molecule has 0 unspecified atom stereocenters. The zero-order valence-electron chi connectivity index (χ0n) is 23.9. The SMILES string of the molecule is CC1=C(C(=O)Nc2ccccc2)[C@@H](c2cccs2)n2c(s/c(=C/c3cn(CC(=O)N4CCOCC4)c4ccccc34)c2=O)=N1. The van der Waals surface area contributed by atoms with Gasteiger partial charge in [-0.15, -0.1) is 11.3 Å². The van der Waals surface area contributed by atoms with Gasteiger partial charge in [-0.05, 0) is 42.6 Å². The first-order valence-electron chi connectivity index (χ1n) is 14.3. The average Bonchev–Trinajstić information content (AvgIpc) is 3.77. The van der Waals surface area contributed by atoms with Gasteiger partial charge in [-0.1, -0.05) is 53.8 Å². The maximum atomic E-state index is 14.1. The van der Waals surface area contributed by atoms with E-state index in [1.54, 1.807) is 4.57 Å². The van der Waals surface area contributed by atoms with Crippen LogP contribution in [0.3, 0.4) is 0 Å². The topological polar surface area (TPSA) is 97.9 Å². The van der Waals surface area contributed by atoms with Gasteiger partial charge >= 0.3 is 0 Å². The highest BCUT2D eigenvalue weighted by molar-refractivity contribution is 7.10. The summed E-state index contributed by atoms with van der Waals surface area (Å²) >= 11 is 2.80. The monoisotopic (exact) mass is 623 g/mol. The van der Waals surface area contributed by atoms with Gasteiger partial charge < -0.3 is 19.5 Å². The Kier molecular flexibility index (Phi) is 7.59. The number of ether oxygens (including phenoxy) is 1. The lowest BCUT2D eigenvalue weighted by atomic mass is 10.0. The van der Waals surface area contributed by atoms with Gasteiger partial charge in [0, 0.05) is 46.3 Å². The minimum absolute atomic E-state index is 0.0349. The highest BCUT2D eigenvalue weighted by Crippen LogP contribution is 2.33. The number of rotatable bonds is 6. The summed E-state index contributed by atoms with van der Waals surface area (Å²) in [5.41, 5.74) is 3.22. The molecule has 11 heteroatoms. The molecule has 44 heavy (non-hydrogen) atoms. The molecule has 1 atom stereocenters. The Hall–Kier alpha value is -4.58. The number of benzene rings is 2. The largest absolute Gasteiger partial charge is 0.378 e. The number of para-hydroxylation sites is 2. The molecule has 9 nitrogen and oxygen atoms in total. The Morgan fingerprint density at radius 3 is 2.59 bits per heavy atom. The van der Waals surface area contributed by atoms with E-state index in [4.69, 9.17) is 9.73 Å². The quantitative estimate of drug-likeness (QED) is 0.312. The summed E-state index contributed by atoms with van der Waals surface area (Å²) in [4.78, 5) is 48.9. The van der Waals surface area contributed by atoms with Crippen molar-refractivity contribution < 1.29 is 14.3 Å². The van der Waals surface area contributed by atoms with Crippen molar-refractivity contribution in [2.45, 2.75) is 19.5 Å². The summed E-state index contributed by atoms with van der Waals surface area (Å²) in [6.45, 7) is 4.28. The fourth-order valence-corrected chi connectivity index (χ4v) is 7.63. The summed E-state index contributed by atoms with van der Waals surface area (Å²) in [6.07, 6.45) is 3.80. The lowest BCUT2D eigenvalue weighted by molar-refractivity contribution is -0.135. The molecule has 0 radical (unpaired) electrons. The number of carbonyl (C=O) groups is 2. The number of fused-ring (bicyclic) bond motifs is 2. The van der Waals surface area contributed by atoms with Crippen LogP contribution in [0.5, 0.6) is 0 Å². The van der Waals surface area contributed by atoms with Crippen molar-refractivity contribution in [3.63, 3.8) is 0 Å². The maximum Gasteiger partial charge on any atom is 0.271 e. The van der Waals surface area contributed by atoms with E-state index in [1.165, 1.54) is 22.7 Å². The van der Waals surface area contributed by atoms with Crippen molar-refractivity contribution in [1.29, 1.82) is 0 Å². The second kappa shape index (κ2) is 11.8. The number of nitrogens with one attached hydrogen (secondary N) is 1. The Bertz CT molecular complexity index is 2080. The van der Waals surface area contributed by atoms with Gasteiger partial charge in [-0.2, -0.15) is 0 Å². The van der Waals surface area contributed by atoms with Crippen LogP contribution >= 0.6 is 22.7 Å². The highest BCUT2D eigenvalue weighted by atomic mass is 32.1. The van der Waals surface area contributed by atoms with Gasteiger partial charge in [0.1, 0.15) is 12.6 Å². The Labute approximate surface area is 260 Å². The molecule has 2 aliphatic heterocycles. The number of anilines is 1. The molecule has 5 heterocycles. The molecular formula is C33H29N5O4S2. The highest BCUT2D eigenvalue weighted by Gasteiger charge is 2.33. The van der Waals surface area contributed by atoms with E-state index in [0.717, 1.165) is 21.3 Å². The van der Waals surface area contributed by atoms with Crippen molar-refractivity contribution >= 4 is 57.2 Å². The third kappa shape index (κ3) is 5.23. The van der Waals surface area contributed by atoms with Crippen LogP contribution in [0.1, 0.15) is 23.4 Å². The number of nitrogens with zero attached hydrogens (tertiary/aromatic N) is 4. The van der Waals surface area contributed by atoms with Crippen LogP contribution in [0.4, 0.5) is 5.69 Å². The van der Waals surface area contributed by atoms with E-state index in [-0.39, 0.29) is 23.9 Å². The van der Waals surface area contributed by atoms with Gasteiger partial charge in [-0.25, -0.2) is 4.99 Å². The summed E-state index contributed by atoms with van der Waals surface area (Å²) in [5.74, 6) is -0.258. The molecular weight excluding hydrogens is 595 g/mol. The molecule has 0 bridgehead atoms. The minimum Gasteiger partial charge on any atom is -0.378 e. The maximum absolute atomic E-state index is 14.1. The molecule has 3 aromatic heterocycles. The molecule has 0 aliphatic carbocycles. The lowest BCUT2D eigenvalue weighted by Gasteiger charge is -2.27. The number of thiazole rings is 1. The van der Waals surface area contributed by atoms with Crippen LogP contribution in [0.15, 0.2) is 99.4 Å². The van der Waals surface area contributed by atoms with E-state index in [9.17, 15) is 14.4 Å². The summed E-state index contributed by atoms with van der Waals surface area (Å²) in [7, 11) is 0. The molecule has 2 aromatic carbocycles. The third-order valence-corrected chi connectivity index (χ3v) is 9.79. The smallest absolute Gasteiger partial charge is 0.271 e. The summed E-state index contributed by atoms with van der Waals surface area (Å²) in [6, 6.07) is 20.4. The van der Waals surface area contributed by atoms with E-state index < -0.39 is 6.04 Å². The standard InChI is InChI=1S/C33H29N5O4S2/c1-21-29(31(40)35-23-8-3-2-4-9-23)30(26-12-7-17-43-26)38-32(41)27(44-33(38)34-21)18-22-19-37(25-11-6-5-10-24(22)25)20-28(39)36-13-15-42-16-14-36/h2-12,17-19,30H,13-16,20H2,1H3,(H,35,40)/b27-18+/t30-/m1/s1. The molecule has 2 aliphatic rings. The number of carbonyl (C=O) groups excluding carboxylic acids is 2. The molecule has 5 aromatic rings. The van der Waals surface area contributed by atoms with Crippen molar-refractivity contribution in [3.05, 3.63) is 120 Å². The first kappa shape index (κ1) is 28.2. The van der Waals surface area contributed by atoms with Gasteiger partial charge in [-0.3, -0.25) is 19.0 Å². The zero-order chi connectivity index (χ0) is 30.2. The Balaban J connectivity index is 1.30. The predicted octanol–water partition coefficient (Wildman–Crippen LogP) is 3.75. The molecule has 0 spiro atoms. The van der Waals surface area contributed by atoms with Crippen LogP contribution in [0.25, 0.3) is 17.0 Å². The van der Waals surface area contributed by atoms with Gasteiger partial charge in [0.15, 0.2) is 4.80 Å². The van der Waals surface area contributed by atoms with Crippen LogP contribution in [-0.4, -0.2) is 52.2 Å². The second-order valence-corrected chi connectivity index (χ2v) is 12.6. The number of hydrogen-bond acceptors (Lipinski definition) is 7. The van der Waals surface area contributed by atoms with E-state index in [2.05, 4.69) is 5.32 Å². The number of aromatic nitrogens is 2. The van der Waals surface area contributed by atoms with Crippen molar-refractivity contribution in [2.75, 3.05) is 31.6 Å². The van der Waals surface area contributed by atoms with Crippen LogP contribution < -0.4 is 20.2 Å². The van der Waals surface area contributed by atoms with Gasteiger partial charge in [0.05, 0.1) is 29.0 Å².